The van der Waals surface area contributed by atoms with Gasteiger partial charge in [0.2, 0.25) is 10.0 Å². The first-order valence-electron chi connectivity index (χ1n) is 8.29. The Morgan fingerprint density at radius 2 is 1.77 bits per heavy atom. The maximum absolute atomic E-state index is 13.9. The van der Waals surface area contributed by atoms with Crippen LogP contribution in [0, 0.1) is 11.6 Å². The van der Waals surface area contributed by atoms with Gasteiger partial charge >= 0.3 is 0 Å². The number of halogens is 2. The molecule has 0 aliphatic carbocycles. The molecule has 2 aromatic rings. The van der Waals surface area contributed by atoms with Gasteiger partial charge in [0.1, 0.15) is 16.5 Å². The zero-order valence-electron chi connectivity index (χ0n) is 14.1. The lowest BCUT2D eigenvalue weighted by atomic mass is 10.1. The molecule has 140 valence electrons. The second kappa shape index (κ2) is 8.22. The first kappa shape index (κ1) is 18.9. The van der Waals surface area contributed by atoms with E-state index in [1.807, 2.05) is 30.3 Å². The summed E-state index contributed by atoms with van der Waals surface area (Å²) < 4.78 is 59.7. The van der Waals surface area contributed by atoms with Crippen LogP contribution in [-0.4, -0.2) is 46.2 Å². The highest BCUT2D eigenvalue weighted by Gasteiger charge is 2.26. The van der Waals surface area contributed by atoms with Gasteiger partial charge in [-0.3, -0.25) is 4.90 Å². The standard InChI is InChI=1S/C18H20F2N2O3S/c19-15-6-7-18(16(20)12-15)26(23,24)21-13-17(14-4-2-1-3-5-14)22-8-10-25-11-9-22/h1-7,12,17,21H,8-11,13H2/t17-/m1/s1. The summed E-state index contributed by atoms with van der Waals surface area (Å²) in [6, 6.07) is 11.7. The van der Waals surface area contributed by atoms with Crippen molar-refractivity contribution in [2.24, 2.45) is 0 Å². The first-order chi connectivity index (χ1) is 12.5. The molecule has 1 heterocycles. The van der Waals surface area contributed by atoms with E-state index in [4.69, 9.17) is 4.74 Å². The average Bonchev–Trinajstić information content (AvgIpc) is 2.63. The molecule has 1 saturated heterocycles. The lowest BCUT2D eigenvalue weighted by molar-refractivity contribution is 0.0172. The predicted molar refractivity (Wildman–Crippen MR) is 93.1 cm³/mol. The average molecular weight is 382 g/mol. The van der Waals surface area contributed by atoms with E-state index in [9.17, 15) is 17.2 Å². The summed E-state index contributed by atoms with van der Waals surface area (Å²) in [5, 5.41) is 0. The van der Waals surface area contributed by atoms with Crippen LogP contribution in [0.25, 0.3) is 0 Å². The van der Waals surface area contributed by atoms with Crippen molar-refractivity contribution >= 4 is 10.0 Å². The largest absolute Gasteiger partial charge is 0.379 e. The van der Waals surface area contributed by atoms with Gasteiger partial charge in [-0.05, 0) is 17.7 Å². The quantitative estimate of drug-likeness (QED) is 0.833. The van der Waals surface area contributed by atoms with Crippen molar-refractivity contribution in [3.8, 4) is 0 Å². The van der Waals surface area contributed by atoms with Crippen LogP contribution in [0.5, 0.6) is 0 Å². The number of morpholine rings is 1. The molecule has 0 unspecified atom stereocenters. The van der Waals surface area contributed by atoms with Crippen LogP contribution in [0.1, 0.15) is 11.6 Å². The van der Waals surface area contributed by atoms with Gasteiger partial charge in [-0.2, -0.15) is 0 Å². The van der Waals surface area contributed by atoms with Crippen LogP contribution >= 0.6 is 0 Å². The smallest absolute Gasteiger partial charge is 0.243 e. The van der Waals surface area contributed by atoms with Crippen molar-refractivity contribution in [1.29, 1.82) is 0 Å². The molecule has 26 heavy (non-hydrogen) atoms. The number of rotatable bonds is 6. The minimum atomic E-state index is -4.10. The van der Waals surface area contributed by atoms with Gasteiger partial charge in [-0.15, -0.1) is 0 Å². The molecule has 3 rings (SSSR count). The van der Waals surface area contributed by atoms with E-state index in [0.717, 1.165) is 17.7 Å². The van der Waals surface area contributed by atoms with E-state index in [2.05, 4.69) is 9.62 Å². The molecule has 1 aliphatic heterocycles. The molecular weight excluding hydrogens is 362 g/mol. The summed E-state index contributed by atoms with van der Waals surface area (Å²) in [6.07, 6.45) is 0. The summed E-state index contributed by atoms with van der Waals surface area (Å²) in [4.78, 5) is 1.57. The molecule has 0 amide bonds. The fourth-order valence-corrected chi connectivity index (χ4v) is 4.08. The van der Waals surface area contributed by atoms with Gasteiger partial charge in [0.25, 0.3) is 0 Å². The zero-order valence-corrected chi connectivity index (χ0v) is 14.9. The third kappa shape index (κ3) is 4.45. The second-order valence-corrected chi connectivity index (χ2v) is 7.74. The number of nitrogens with zero attached hydrogens (tertiary/aromatic N) is 1. The molecular formula is C18H20F2N2O3S. The zero-order chi connectivity index (χ0) is 18.6. The number of ether oxygens (including phenoxy) is 1. The Morgan fingerprint density at radius 1 is 1.08 bits per heavy atom. The summed E-state index contributed by atoms with van der Waals surface area (Å²) in [6.45, 7) is 2.56. The van der Waals surface area contributed by atoms with E-state index in [-0.39, 0.29) is 12.6 Å². The Labute approximate surface area is 151 Å². The highest BCUT2D eigenvalue weighted by Crippen LogP contribution is 2.22. The molecule has 5 nitrogen and oxygen atoms in total. The molecule has 2 aromatic carbocycles. The van der Waals surface area contributed by atoms with E-state index in [1.165, 1.54) is 0 Å². The normalized spacial score (nSPS) is 17.2. The molecule has 1 atom stereocenters. The Kier molecular flexibility index (Phi) is 5.98. The fraction of sp³-hybridized carbons (Fsp3) is 0.333. The number of nitrogens with one attached hydrogen (secondary N) is 1. The van der Waals surface area contributed by atoms with Crippen LogP contribution < -0.4 is 4.72 Å². The van der Waals surface area contributed by atoms with Gasteiger partial charge in [-0.25, -0.2) is 21.9 Å². The number of hydrogen-bond donors (Lipinski definition) is 1. The predicted octanol–water partition coefficient (Wildman–Crippen LogP) is 2.32. The first-order valence-corrected chi connectivity index (χ1v) is 9.77. The van der Waals surface area contributed by atoms with Crippen LogP contribution in [0.15, 0.2) is 53.4 Å². The van der Waals surface area contributed by atoms with Gasteiger partial charge in [0, 0.05) is 31.7 Å². The maximum atomic E-state index is 13.9. The Morgan fingerprint density at radius 3 is 2.42 bits per heavy atom. The molecule has 0 bridgehead atoms. The minimum absolute atomic E-state index is 0.0726. The Hall–Kier alpha value is -1.87. The van der Waals surface area contributed by atoms with E-state index >= 15 is 0 Å². The lowest BCUT2D eigenvalue weighted by Gasteiger charge is -2.34. The highest BCUT2D eigenvalue weighted by molar-refractivity contribution is 7.89. The minimum Gasteiger partial charge on any atom is -0.379 e. The van der Waals surface area contributed by atoms with E-state index < -0.39 is 26.6 Å². The third-order valence-corrected chi connectivity index (χ3v) is 5.78. The molecule has 1 aliphatic rings. The molecule has 0 spiro atoms. The van der Waals surface area contributed by atoms with Crippen molar-refractivity contribution in [2.75, 3.05) is 32.8 Å². The van der Waals surface area contributed by atoms with Crippen LogP contribution in [0.4, 0.5) is 8.78 Å². The van der Waals surface area contributed by atoms with Gasteiger partial charge < -0.3 is 4.74 Å². The van der Waals surface area contributed by atoms with Crippen molar-refractivity contribution in [3.63, 3.8) is 0 Å². The topological polar surface area (TPSA) is 58.6 Å². The van der Waals surface area contributed by atoms with E-state index in [1.54, 1.807) is 0 Å². The SMILES string of the molecule is O=S(=O)(NC[C@H](c1ccccc1)N1CCOCC1)c1ccc(F)cc1F. The van der Waals surface area contributed by atoms with Crippen molar-refractivity contribution in [1.82, 2.24) is 9.62 Å². The molecule has 8 heteroatoms. The lowest BCUT2D eigenvalue weighted by Crippen LogP contribution is -2.43. The van der Waals surface area contributed by atoms with Gasteiger partial charge in [-0.1, -0.05) is 30.3 Å². The summed E-state index contributed by atoms with van der Waals surface area (Å²) in [5.41, 5.74) is 0.955. The van der Waals surface area contributed by atoms with Crippen molar-refractivity contribution in [3.05, 3.63) is 65.7 Å². The van der Waals surface area contributed by atoms with Crippen molar-refractivity contribution in [2.45, 2.75) is 10.9 Å². The summed E-state index contributed by atoms with van der Waals surface area (Å²) in [5.74, 6) is -1.93. The molecule has 0 aromatic heterocycles. The number of sulfonamides is 1. The Balaban J connectivity index is 1.80. The fourth-order valence-electron chi connectivity index (χ4n) is 2.98. The Bertz CT molecular complexity index is 841. The maximum Gasteiger partial charge on any atom is 0.243 e. The molecule has 0 saturated carbocycles. The van der Waals surface area contributed by atoms with Crippen LogP contribution in [0.3, 0.4) is 0 Å². The van der Waals surface area contributed by atoms with E-state index in [0.29, 0.717) is 32.4 Å². The monoisotopic (exact) mass is 382 g/mol. The number of hydrogen-bond acceptors (Lipinski definition) is 4. The van der Waals surface area contributed by atoms with Gasteiger partial charge in [0.05, 0.1) is 13.2 Å². The second-order valence-electron chi connectivity index (χ2n) is 6.00. The number of benzene rings is 2. The third-order valence-electron chi connectivity index (χ3n) is 4.32. The summed E-state index contributed by atoms with van der Waals surface area (Å²) >= 11 is 0. The van der Waals surface area contributed by atoms with Gasteiger partial charge in [0.15, 0.2) is 0 Å². The molecule has 0 radical (unpaired) electrons. The van der Waals surface area contributed by atoms with Crippen LogP contribution in [-0.2, 0) is 14.8 Å². The molecule has 1 fully saturated rings. The van der Waals surface area contributed by atoms with Crippen LogP contribution in [0.2, 0.25) is 0 Å². The van der Waals surface area contributed by atoms with Crippen molar-refractivity contribution < 1.29 is 21.9 Å². The highest BCUT2D eigenvalue weighted by atomic mass is 32.2. The summed E-state index contributed by atoms with van der Waals surface area (Å²) in [7, 11) is -4.10. The molecule has 1 N–H and O–H groups in total.